The van der Waals surface area contributed by atoms with Gasteiger partial charge in [0.2, 0.25) is 10.0 Å². The van der Waals surface area contributed by atoms with Crippen LogP contribution < -0.4 is 4.72 Å². The van der Waals surface area contributed by atoms with Crippen LogP contribution in [-0.2, 0) is 19.6 Å². The number of carbonyl (C=O) groups excluding carboxylic acids is 2. The normalized spacial score (nSPS) is 15.9. The lowest BCUT2D eigenvalue weighted by Crippen LogP contribution is -2.51. The Morgan fingerprint density at radius 3 is 2.38 bits per heavy atom. The van der Waals surface area contributed by atoms with Crippen LogP contribution in [0.4, 0.5) is 4.39 Å². The molecule has 1 heterocycles. The van der Waals surface area contributed by atoms with Gasteiger partial charge in [0.1, 0.15) is 11.9 Å². The number of halogens is 2. The maximum absolute atomic E-state index is 14.3. The molecule has 3 rings (SSSR count). The first-order valence-corrected chi connectivity index (χ1v) is 11.6. The van der Waals surface area contributed by atoms with Crippen molar-refractivity contribution in [1.82, 2.24) is 14.5 Å². The van der Waals surface area contributed by atoms with Crippen LogP contribution in [0.3, 0.4) is 0 Å². The first kappa shape index (κ1) is 24.1. The van der Waals surface area contributed by atoms with Gasteiger partial charge in [-0.15, -0.1) is 0 Å². The molecular weight excluding hydrogens is 461 g/mol. The third-order valence-electron chi connectivity index (χ3n) is 5.34. The van der Waals surface area contributed by atoms with Crippen LogP contribution in [-0.4, -0.2) is 70.4 Å². The van der Waals surface area contributed by atoms with Crippen molar-refractivity contribution in [1.29, 1.82) is 0 Å². The molecule has 1 amide bonds. The summed E-state index contributed by atoms with van der Waals surface area (Å²) in [7, 11) is -1.30. The van der Waals surface area contributed by atoms with Crippen molar-refractivity contribution in [3.8, 4) is 0 Å². The number of methoxy groups -OCH3 is 1. The van der Waals surface area contributed by atoms with Gasteiger partial charge in [-0.1, -0.05) is 29.8 Å². The van der Waals surface area contributed by atoms with Crippen LogP contribution in [0.1, 0.15) is 22.0 Å². The van der Waals surface area contributed by atoms with Crippen molar-refractivity contribution in [3.63, 3.8) is 0 Å². The van der Waals surface area contributed by atoms with Gasteiger partial charge in [0.15, 0.2) is 0 Å². The first-order valence-electron chi connectivity index (χ1n) is 9.78. The van der Waals surface area contributed by atoms with Gasteiger partial charge in [0.25, 0.3) is 5.91 Å². The fourth-order valence-electron chi connectivity index (χ4n) is 3.59. The summed E-state index contributed by atoms with van der Waals surface area (Å²) in [5, 5.41) is 0.422. The highest BCUT2D eigenvalue weighted by molar-refractivity contribution is 7.89. The van der Waals surface area contributed by atoms with Gasteiger partial charge in [-0.3, -0.25) is 9.69 Å². The monoisotopic (exact) mass is 483 g/mol. The number of benzene rings is 2. The second-order valence-corrected chi connectivity index (χ2v) is 9.42. The molecule has 1 saturated heterocycles. The SMILES string of the molecule is CNS(=O)(=O)c1ccc(F)c(C(=O)N2CCN(C(C(=O)OC)c3ccccc3Cl)CC2)c1. The molecule has 0 bridgehead atoms. The molecule has 0 spiro atoms. The molecule has 2 aromatic rings. The van der Waals surface area contributed by atoms with E-state index in [1.54, 1.807) is 24.3 Å². The molecule has 0 saturated carbocycles. The second kappa shape index (κ2) is 9.95. The largest absolute Gasteiger partial charge is 0.468 e. The van der Waals surface area contributed by atoms with Crippen LogP contribution in [0.2, 0.25) is 5.02 Å². The Morgan fingerprint density at radius 2 is 1.78 bits per heavy atom. The molecule has 172 valence electrons. The van der Waals surface area contributed by atoms with Crippen molar-refractivity contribution in [3.05, 3.63) is 64.4 Å². The topological polar surface area (TPSA) is 96.0 Å². The number of hydrogen-bond donors (Lipinski definition) is 1. The number of sulfonamides is 1. The van der Waals surface area contributed by atoms with E-state index in [2.05, 4.69) is 4.72 Å². The molecule has 1 aliphatic heterocycles. The van der Waals surface area contributed by atoms with E-state index in [4.69, 9.17) is 16.3 Å². The van der Waals surface area contributed by atoms with Gasteiger partial charge in [-0.2, -0.15) is 0 Å². The van der Waals surface area contributed by atoms with E-state index < -0.39 is 33.8 Å². The minimum atomic E-state index is -3.83. The number of carbonyl (C=O) groups is 2. The predicted molar refractivity (Wildman–Crippen MR) is 116 cm³/mol. The Bertz CT molecular complexity index is 1120. The van der Waals surface area contributed by atoms with Crippen molar-refractivity contribution in [2.24, 2.45) is 0 Å². The summed E-state index contributed by atoms with van der Waals surface area (Å²) in [4.78, 5) is 28.5. The average molecular weight is 484 g/mol. The van der Waals surface area contributed by atoms with Crippen LogP contribution in [0, 0.1) is 5.82 Å². The molecule has 1 N–H and O–H groups in total. The predicted octanol–water partition coefficient (Wildman–Crippen LogP) is 2.06. The standard InChI is InChI=1S/C21H23ClFN3O5S/c1-24-32(29,30)14-7-8-18(23)16(13-14)20(27)26-11-9-25(10-12-26)19(21(28)31-2)15-5-3-4-6-17(15)22/h3-8,13,19,24H,9-12H2,1-2H3. The van der Waals surface area contributed by atoms with Crippen LogP contribution >= 0.6 is 11.6 Å². The lowest BCUT2D eigenvalue weighted by molar-refractivity contribution is -0.148. The van der Waals surface area contributed by atoms with Crippen molar-refractivity contribution < 1.29 is 27.1 Å². The number of hydrogen-bond acceptors (Lipinski definition) is 6. The minimum Gasteiger partial charge on any atom is -0.468 e. The number of ether oxygens (including phenoxy) is 1. The minimum absolute atomic E-state index is 0.201. The summed E-state index contributed by atoms with van der Waals surface area (Å²) in [6.07, 6.45) is 0. The van der Waals surface area contributed by atoms with Crippen LogP contribution in [0.15, 0.2) is 47.4 Å². The van der Waals surface area contributed by atoms with Crippen molar-refractivity contribution in [2.45, 2.75) is 10.9 Å². The van der Waals surface area contributed by atoms with Crippen LogP contribution in [0.5, 0.6) is 0 Å². The zero-order valence-electron chi connectivity index (χ0n) is 17.5. The Kier molecular flexibility index (Phi) is 7.50. The van der Waals surface area contributed by atoms with E-state index >= 15 is 0 Å². The van der Waals surface area contributed by atoms with E-state index in [-0.39, 0.29) is 23.5 Å². The fraction of sp³-hybridized carbons (Fsp3) is 0.333. The van der Waals surface area contributed by atoms with Crippen LogP contribution in [0.25, 0.3) is 0 Å². The third-order valence-corrected chi connectivity index (χ3v) is 7.09. The maximum atomic E-state index is 14.3. The smallest absolute Gasteiger partial charge is 0.327 e. The maximum Gasteiger partial charge on any atom is 0.327 e. The molecule has 1 atom stereocenters. The number of amides is 1. The van der Waals surface area contributed by atoms with Crippen molar-refractivity contribution in [2.75, 3.05) is 40.3 Å². The molecular formula is C21H23ClFN3O5S. The zero-order valence-corrected chi connectivity index (χ0v) is 19.1. The summed E-state index contributed by atoms with van der Waals surface area (Å²) in [6, 6.07) is 9.29. The highest BCUT2D eigenvalue weighted by Gasteiger charge is 2.34. The van der Waals surface area contributed by atoms with E-state index in [1.807, 2.05) is 4.90 Å². The number of esters is 1. The molecule has 1 fully saturated rings. The summed E-state index contributed by atoms with van der Waals surface area (Å²) in [5.41, 5.74) is 0.266. The lowest BCUT2D eigenvalue weighted by atomic mass is 10.0. The molecule has 1 unspecified atom stereocenters. The highest BCUT2D eigenvalue weighted by Crippen LogP contribution is 2.30. The average Bonchev–Trinajstić information content (AvgIpc) is 2.80. The molecule has 8 nitrogen and oxygen atoms in total. The summed E-state index contributed by atoms with van der Waals surface area (Å²) < 4.78 is 45.5. The summed E-state index contributed by atoms with van der Waals surface area (Å²) in [6.45, 7) is 1.04. The molecule has 0 aliphatic carbocycles. The molecule has 32 heavy (non-hydrogen) atoms. The molecule has 11 heteroatoms. The number of rotatable bonds is 6. The zero-order chi connectivity index (χ0) is 23.5. The quantitative estimate of drug-likeness (QED) is 0.632. The molecule has 0 radical (unpaired) electrons. The highest BCUT2D eigenvalue weighted by atomic mass is 35.5. The van der Waals surface area contributed by atoms with Crippen molar-refractivity contribution >= 4 is 33.5 Å². The van der Waals surface area contributed by atoms with Gasteiger partial charge in [0.05, 0.1) is 17.6 Å². The fourth-order valence-corrected chi connectivity index (χ4v) is 4.58. The van der Waals surface area contributed by atoms with Gasteiger partial charge in [0, 0.05) is 31.2 Å². The Morgan fingerprint density at radius 1 is 1.12 bits per heavy atom. The lowest BCUT2D eigenvalue weighted by Gasteiger charge is -2.38. The summed E-state index contributed by atoms with van der Waals surface area (Å²) in [5.74, 6) is -1.91. The number of nitrogens with zero attached hydrogens (tertiary/aromatic N) is 2. The van der Waals surface area contributed by atoms with E-state index in [0.717, 1.165) is 18.2 Å². The molecule has 0 aromatic heterocycles. The van der Waals surface area contributed by atoms with E-state index in [0.29, 0.717) is 23.7 Å². The van der Waals surface area contributed by atoms with E-state index in [9.17, 15) is 22.4 Å². The second-order valence-electron chi connectivity index (χ2n) is 7.12. The number of piperazine rings is 1. The van der Waals surface area contributed by atoms with Gasteiger partial charge in [-0.25, -0.2) is 22.3 Å². The first-order chi connectivity index (χ1) is 15.2. The third kappa shape index (κ3) is 4.93. The molecule has 2 aromatic carbocycles. The molecule has 1 aliphatic rings. The van der Waals surface area contributed by atoms with E-state index in [1.165, 1.54) is 19.1 Å². The van der Waals surface area contributed by atoms with Gasteiger partial charge in [-0.05, 0) is 36.9 Å². The number of nitrogens with one attached hydrogen (secondary N) is 1. The van der Waals surface area contributed by atoms with Gasteiger partial charge < -0.3 is 9.64 Å². The Balaban J connectivity index is 1.79. The summed E-state index contributed by atoms with van der Waals surface area (Å²) >= 11 is 6.28. The van der Waals surface area contributed by atoms with Gasteiger partial charge >= 0.3 is 5.97 Å². The Labute approximate surface area is 191 Å². The Hall–Kier alpha value is -2.53.